The van der Waals surface area contributed by atoms with Crippen molar-refractivity contribution in [2.45, 2.75) is 19.4 Å². The summed E-state index contributed by atoms with van der Waals surface area (Å²) in [6, 6.07) is 3.91. The van der Waals surface area contributed by atoms with Gasteiger partial charge < -0.3 is 5.73 Å². The molecule has 6 heteroatoms. The summed E-state index contributed by atoms with van der Waals surface area (Å²) in [5, 5.41) is 11.6. The van der Waals surface area contributed by atoms with Gasteiger partial charge in [0.25, 0.3) is 0 Å². The molecule has 0 aromatic carbocycles. The number of tetrazole rings is 1. The highest BCUT2D eigenvalue weighted by atomic mass is 15.5. The van der Waals surface area contributed by atoms with Crippen molar-refractivity contribution in [2.75, 3.05) is 6.54 Å². The summed E-state index contributed by atoms with van der Waals surface area (Å²) in [6.07, 6.45) is 5.24. The fourth-order valence-corrected chi connectivity index (χ4v) is 1.45. The van der Waals surface area contributed by atoms with E-state index in [4.69, 9.17) is 5.73 Å². The van der Waals surface area contributed by atoms with Crippen LogP contribution in [-0.2, 0) is 13.0 Å². The number of pyridine rings is 1. The molecule has 0 saturated heterocycles. The molecule has 0 saturated carbocycles. The Labute approximate surface area is 93.5 Å². The van der Waals surface area contributed by atoms with Gasteiger partial charge in [0, 0.05) is 18.8 Å². The van der Waals surface area contributed by atoms with Gasteiger partial charge in [-0.25, -0.2) is 4.68 Å². The molecule has 0 spiro atoms. The van der Waals surface area contributed by atoms with Gasteiger partial charge >= 0.3 is 0 Å². The normalized spacial score (nSPS) is 10.6. The molecule has 0 bridgehead atoms. The van der Waals surface area contributed by atoms with Gasteiger partial charge in [0.1, 0.15) is 0 Å². The van der Waals surface area contributed by atoms with Crippen LogP contribution in [0.1, 0.15) is 17.8 Å². The van der Waals surface area contributed by atoms with E-state index in [2.05, 4.69) is 20.5 Å². The number of hydrogen-bond donors (Lipinski definition) is 1. The highest BCUT2D eigenvalue weighted by molar-refractivity contribution is 5.10. The number of nitrogens with two attached hydrogens (primary N) is 1. The van der Waals surface area contributed by atoms with E-state index in [1.54, 1.807) is 17.1 Å². The van der Waals surface area contributed by atoms with Crippen LogP contribution in [0.5, 0.6) is 0 Å². The summed E-state index contributed by atoms with van der Waals surface area (Å²) < 4.78 is 1.80. The first-order valence-corrected chi connectivity index (χ1v) is 5.24. The van der Waals surface area contributed by atoms with Gasteiger partial charge in [-0.1, -0.05) is 0 Å². The van der Waals surface area contributed by atoms with Gasteiger partial charge in [-0.2, -0.15) is 0 Å². The number of aromatic nitrogens is 5. The Morgan fingerprint density at radius 2 is 2.06 bits per heavy atom. The summed E-state index contributed by atoms with van der Waals surface area (Å²) in [5.74, 6) is 0.877. The summed E-state index contributed by atoms with van der Waals surface area (Å²) >= 11 is 0. The van der Waals surface area contributed by atoms with Gasteiger partial charge in [-0.3, -0.25) is 4.98 Å². The predicted octanol–water partition coefficient (Wildman–Crippen LogP) is 0.00770. The number of aryl methyl sites for hydroxylation is 1. The second-order valence-electron chi connectivity index (χ2n) is 3.50. The molecule has 0 atom stereocenters. The zero-order valence-electron chi connectivity index (χ0n) is 8.95. The van der Waals surface area contributed by atoms with E-state index < -0.39 is 0 Å². The fourth-order valence-electron chi connectivity index (χ4n) is 1.45. The molecule has 6 nitrogen and oxygen atoms in total. The van der Waals surface area contributed by atoms with Crippen LogP contribution in [0.3, 0.4) is 0 Å². The monoisotopic (exact) mass is 218 g/mol. The topological polar surface area (TPSA) is 82.5 Å². The largest absolute Gasteiger partial charge is 0.330 e. The second-order valence-corrected chi connectivity index (χ2v) is 3.50. The molecule has 0 aliphatic heterocycles. The van der Waals surface area contributed by atoms with Gasteiger partial charge in [-0.05, 0) is 41.1 Å². The van der Waals surface area contributed by atoms with Gasteiger partial charge in [0.15, 0.2) is 5.82 Å². The Bertz CT molecular complexity index is 424. The number of hydrogen-bond acceptors (Lipinski definition) is 5. The maximum atomic E-state index is 5.46. The van der Waals surface area contributed by atoms with Crippen LogP contribution in [0, 0.1) is 0 Å². The molecule has 2 aromatic heterocycles. The van der Waals surface area contributed by atoms with E-state index in [1.165, 1.54) is 0 Å². The van der Waals surface area contributed by atoms with E-state index in [1.807, 2.05) is 12.1 Å². The lowest BCUT2D eigenvalue weighted by molar-refractivity contribution is 0.608. The third kappa shape index (κ3) is 2.60. The maximum absolute atomic E-state index is 5.46. The first kappa shape index (κ1) is 10.7. The zero-order chi connectivity index (χ0) is 11.2. The molecular formula is C10H14N6. The van der Waals surface area contributed by atoms with E-state index in [-0.39, 0.29) is 0 Å². The van der Waals surface area contributed by atoms with E-state index >= 15 is 0 Å². The van der Waals surface area contributed by atoms with Crippen LogP contribution in [0.2, 0.25) is 0 Å². The SMILES string of the molecule is NCCCc1nnnn1Cc1ccncc1. The van der Waals surface area contributed by atoms with Crippen LogP contribution in [-0.4, -0.2) is 31.7 Å². The zero-order valence-corrected chi connectivity index (χ0v) is 8.95. The van der Waals surface area contributed by atoms with Crippen molar-refractivity contribution < 1.29 is 0 Å². The lowest BCUT2D eigenvalue weighted by Crippen LogP contribution is -2.09. The molecule has 2 aromatic rings. The maximum Gasteiger partial charge on any atom is 0.151 e. The third-order valence-electron chi connectivity index (χ3n) is 2.29. The minimum absolute atomic E-state index is 0.655. The van der Waals surface area contributed by atoms with Crippen molar-refractivity contribution in [3.05, 3.63) is 35.9 Å². The molecule has 0 fully saturated rings. The Hall–Kier alpha value is -1.82. The van der Waals surface area contributed by atoms with Crippen molar-refractivity contribution in [3.8, 4) is 0 Å². The quantitative estimate of drug-likeness (QED) is 0.764. The summed E-state index contributed by atoms with van der Waals surface area (Å²) in [7, 11) is 0. The predicted molar refractivity (Wildman–Crippen MR) is 58.5 cm³/mol. The van der Waals surface area contributed by atoms with Crippen LogP contribution in [0.4, 0.5) is 0 Å². The van der Waals surface area contributed by atoms with Gasteiger partial charge in [0.2, 0.25) is 0 Å². The van der Waals surface area contributed by atoms with Crippen molar-refractivity contribution >= 4 is 0 Å². The van der Waals surface area contributed by atoms with Crippen LogP contribution in [0.15, 0.2) is 24.5 Å². The molecule has 0 radical (unpaired) electrons. The van der Waals surface area contributed by atoms with Crippen molar-refractivity contribution in [2.24, 2.45) is 5.73 Å². The Balaban J connectivity index is 2.07. The van der Waals surface area contributed by atoms with Crippen molar-refractivity contribution in [1.29, 1.82) is 0 Å². The van der Waals surface area contributed by atoms with Gasteiger partial charge in [-0.15, -0.1) is 5.10 Å². The molecule has 0 amide bonds. The number of nitrogens with zero attached hydrogens (tertiary/aromatic N) is 5. The minimum Gasteiger partial charge on any atom is -0.330 e. The Kier molecular flexibility index (Phi) is 3.55. The smallest absolute Gasteiger partial charge is 0.151 e. The molecule has 0 aliphatic carbocycles. The molecule has 84 valence electrons. The van der Waals surface area contributed by atoms with Crippen LogP contribution in [0.25, 0.3) is 0 Å². The lowest BCUT2D eigenvalue weighted by atomic mass is 10.2. The van der Waals surface area contributed by atoms with Crippen molar-refractivity contribution in [3.63, 3.8) is 0 Å². The lowest BCUT2D eigenvalue weighted by Gasteiger charge is -2.03. The summed E-state index contributed by atoms with van der Waals surface area (Å²) in [4.78, 5) is 3.97. The molecule has 2 heterocycles. The summed E-state index contributed by atoms with van der Waals surface area (Å²) in [5.41, 5.74) is 6.60. The van der Waals surface area contributed by atoms with Crippen LogP contribution < -0.4 is 5.73 Å². The fraction of sp³-hybridized carbons (Fsp3) is 0.400. The van der Waals surface area contributed by atoms with E-state index in [9.17, 15) is 0 Å². The third-order valence-corrected chi connectivity index (χ3v) is 2.29. The molecule has 0 aliphatic rings. The van der Waals surface area contributed by atoms with E-state index in [0.29, 0.717) is 13.1 Å². The van der Waals surface area contributed by atoms with Crippen LogP contribution >= 0.6 is 0 Å². The molecule has 16 heavy (non-hydrogen) atoms. The van der Waals surface area contributed by atoms with Crippen molar-refractivity contribution in [1.82, 2.24) is 25.2 Å². The van der Waals surface area contributed by atoms with Gasteiger partial charge in [0.05, 0.1) is 6.54 Å². The molecule has 0 unspecified atom stereocenters. The second kappa shape index (κ2) is 5.32. The minimum atomic E-state index is 0.655. The average molecular weight is 218 g/mol. The highest BCUT2D eigenvalue weighted by Crippen LogP contribution is 2.03. The number of rotatable bonds is 5. The first-order valence-electron chi connectivity index (χ1n) is 5.24. The average Bonchev–Trinajstić information content (AvgIpc) is 2.75. The summed E-state index contributed by atoms with van der Waals surface area (Å²) in [6.45, 7) is 1.33. The molecule has 2 rings (SSSR count). The molecular weight excluding hydrogens is 204 g/mol. The Morgan fingerprint density at radius 1 is 1.25 bits per heavy atom. The molecule has 2 N–H and O–H groups in total. The Morgan fingerprint density at radius 3 is 2.81 bits per heavy atom. The first-order chi connectivity index (χ1) is 7.90. The highest BCUT2D eigenvalue weighted by Gasteiger charge is 2.05. The standard InChI is InChI=1S/C10H14N6/c11-5-1-2-10-13-14-15-16(10)8-9-3-6-12-7-4-9/h3-4,6-7H,1-2,5,8,11H2. The van der Waals surface area contributed by atoms with E-state index in [0.717, 1.165) is 24.2 Å².